The minimum absolute atomic E-state index is 0.0125. The molecule has 1 aromatic carbocycles. The number of nitrogens with two attached hydrogens (primary N) is 1. The van der Waals surface area contributed by atoms with E-state index in [9.17, 15) is 18.0 Å². The van der Waals surface area contributed by atoms with Gasteiger partial charge in [-0.3, -0.25) is 4.79 Å². The van der Waals surface area contributed by atoms with Crippen LogP contribution in [-0.2, 0) is 21.5 Å². The molecule has 2 N–H and O–H groups in total. The van der Waals surface area contributed by atoms with Crippen LogP contribution in [0, 0.1) is 17.2 Å². The number of amidine groups is 1. The van der Waals surface area contributed by atoms with Crippen LogP contribution in [0.4, 0.5) is 13.2 Å². The molecule has 1 heterocycles. The SMILES string of the molecule is C[C@]1(c2cc(CC(=O)C3CC3(F)F)ccc2F)N=C(N)OCC12CC2. The van der Waals surface area contributed by atoms with Crippen molar-refractivity contribution in [2.75, 3.05) is 6.61 Å². The van der Waals surface area contributed by atoms with E-state index in [1.54, 1.807) is 6.07 Å². The van der Waals surface area contributed by atoms with Crippen molar-refractivity contribution in [3.8, 4) is 0 Å². The Morgan fingerprint density at radius 3 is 2.68 bits per heavy atom. The summed E-state index contributed by atoms with van der Waals surface area (Å²) in [5.41, 5.74) is 5.37. The number of nitrogens with zero attached hydrogens (tertiary/aromatic N) is 1. The summed E-state index contributed by atoms with van der Waals surface area (Å²) in [5.74, 6) is -5.05. The van der Waals surface area contributed by atoms with Crippen molar-refractivity contribution < 1.29 is 22.7 Å². The molecule has 2 atom stereocenters. The van der Waals surface area contributed by atoms with Crippen LogP contribution in [0.25, 0.3) is 0 Å². The Kier molecular flexibility index (Phi) is 3.28. The molecule has 1 unspecified atom stereocenters. The van der Waals surface area contributed by atoms with Gasteiger partial charge in [-0.2, -0.15) is 0 Å². The summed E-state index contributed by atoms with van der Waals surface area (Å²) in [6.07, 6.45) is 1.17. The molecule has 4 rings (SSSR count). The molecule has 4 nitrogen and oxygen atoms in total. The molecule has 1 aromatic rings. The molecule has 2 saturated carbocycles. The first-order chi connectivity index (χ1) is 11.7. The van der Waals surface area contributed by atoms with E-state index >= 15 is 0 Å². The number of ether oxygens (including phenoxy) is 1. The smallest absolute Gasteiger partial charge is 0.282 e. The minimum atomic E-state index is -2.89. The molecular weight excluding hydrogens is 333 g/mol. The lowest BCUT2D eigenvalue weighted by Crippen LogP contribution is -2.43. The fourth-order valence-electron chi connectivity index (χ4n) is 3.79. The largest absolute Gasteiger partial charge is 0.465 e. The van der Waals surface area contributed by atoms with Gasteiger partial charge in [-0.1, -0.05) is 6.07 Å². The molecule has 0 aromatic heterocycles. The maximum atomic E-state index is 14.6. The molecule has 134 valence electrons. The molecule has 0 bridgehead atoms. The van der Waals surface area contributed by atoms with Crippen molar-refractivity contribution in [3.63, 3.8) is 0 Å². The Morgan fingerprint density at radius 2 is 2.08 bits per heavy atom. The second-order valence-corrected chi connectivity index (χ2v) is 7.57. The molecule has 0 amide bonds. The fraction of sp³-hybridized carbons (Fsp3) is 0.556. The Hall–Kier alpha value is -2.05. The van der Waals surface area contributed by atoms with E-state index in [-0.39, 0.29) is 17.9 Å². The van der Waals surface area contributed by atoms with E-state index in [1.165, 1.54) is 12.1 Å². The van der Waals surface area contributed by atoms with Crippen LogP contribution < -0.4 is 5.73 Å². The molecule has 0 saturated heterocycles. The highest BCUT2D eigenvalue weighted by molar-refractivity contribution is 5.87. The summed E-state index contributed by atoms with van der Waals surface area (Å²) in [6, 6.07) is 4.31. The molecule has 1 aliphatic heterocycles. The predicted octanol–water partition coefficient (Wildman–Crippen LogP) is 2.93. The number of alkyl halides is 2. The number of benzene rings is 1. The quantitative estimate of drug-likeness (QED) is 0.906. The number of rotatable bonds is 4. The standard InChI is InChI=1S/C18H19F3N2O2/c1-16(17(4-5-17)9-25-15(22)23-16)11-6-10(2-3-13(11)19)7-14(24)12-8-18(12,20)21/h2-3,6,12H,4-5,7-9H2,1H3,(H2,22,23)/t12?,16-/m1/s1. The Morgan fingerprint density at radius 1 is 1.40 bits per heavy atom. The fourth-order valence-corrected chi connectivity index (χ4v) is 3.79. The molecule has 1 spiro atoms. The van der Waals surface area contributed by atoms with Crippen molar-refractivity contribution in [2.45, 2.75) is 44.1 Å². The first-order valence-corrected chi connectivity index (χ1v) is 8.34. The summed E-state index contributed by atoms with van der Waals surface area (Å²) < 4.78 is 46.1. The summed E-state index contributed by atoms with van der Waals surface area (Å²) in [6.45, 7) is 2.18. The number of ketones is 1. The Labute approximate surface area is 143 Å². The highest BCUT2D eigenvalue weighted by atomic mass is 19.3. The molecule has 25 heavy (non-hydrogen) atoms. The van der Waals surface area contributed by atoms with Gasteiger partial charge in [0.2, 0.25) is 0 Å². The van der Waals surface area contributed by atoms with Crippen molar-refractivity contribution in [2.24, 2.45) is 22.1 Å². The van der Waals surface area contributed by atoms with Gasteiger partial charge in [0, 0.05) is 23.8 Å². The van der Waals surface area contributed by atoms with Crippen molar-refractivity contribution in [1.29, 1.82) is 0 Å². The molecule has 2 aliphatic carbocycles. The molecule has 0 radical (unpaired) electrons. The number of aliphatic imine (C=N–C) groups is 1. The lowest BCUT2D eigenvalue weighted by molar-refractivity contribution is -0.121. The Bertz CT molecular complexity index is 789. The van der Waals surface area contributed by atoms with Crippen LogP contribution in [-0.4, -0.2) is 24.3 Å². The zero-order valence-electron chi connectivity index (χ0n) is 13.8. The van der Waals surface area contributed by atoms with E-state index in [0.29, 0.717) is 17.7 Å². The second-order valence-electron chi connectivity index (χ2n) is 7.57. The third-order valence-electron chi connectivity index (χ3n) is 5.86. The highest BCUT2D eigenvalue weighted by Crippen LogP contribution is 2.62. The van der Waals surface area contributed by atoms with Gasteiger partial charge in [-0.25, -0.2) is 18.2 Å². The van der Waals surface area contributed by atoms with Gasteiger partial charge in [0.05, 0.1) is 18.1 Å². The first kappa shape index (κ1) is 16.4. The topological polar surface area (TPSA) is 64.7 Å². The van der Waals surface area contributed by atoms with Crippen LogP contribution in [0.5, 0.6) is 0 Å². The number of hydrogen-bond acceptors (Lipinski definition) is 4. The first-order valence-electron chi connectivity index (χ1n) is 8.34. The number of hydrogen-bond donors (Lipinski definition) is 1. The van der Waals surface area contributed by atoms with Crippen LogP contribution in [0.1, 0.15) is 37.3 Å². The summed E-state index contributed by atoms with van der Waals surface area (Å²) in [4.78, 5) is 16.4. The van der Waals surface area contributed by atoms with E-state index < -0.39 is 35.4 Å². The maximum absolute atomic E-state index is 14.6. The summed E-state index contributed by atoms with van der Waals surface area (Å²) in [7, 11) is 0. The van der Waals surface area contributed by atoms with Crippen LogP contribution in [0.15, 0.2) is 23.2 Å². The van der Waals surface area contributed by atoms with Crippen LogP contribution in [0.3, 0.4) is 0 Å². The lowest BCUT2D eigenvalue weighted by atomic mass is 9.76. The van der Waals surface area contributed by atoms with Crippen LogP contribution in [0.2, 0.25) is 0 Å². The highest BCUT2D eigenvalue weighted by Gasteiger charge is 2.62. The summed E-state index contributed by atoms with van der Waals surface area (Å²) >= 11 is 0. The number of carbonyl (C=O) groups excluding carboxylic acids is 1. The lowest BCUT2D eigenvalue weighted by Gasteiger charge is -2.38. The molecule has 7 heteroatoms. The van der Waals surface area contributed by atoms with Gasteiger partial charge in [0.25, 0.3) is 11.9 Å². The van der Waals surface area contributed by atoms with Gasteiger partial charge in [0.1, 0.15) is 11.6 Å². The number of Topliss-reactive ketones (excluding diaryl/α,β-unsaturated/α-hetero) is 1. The van der Waals surface area contributed by atoms with E-state index in [1.807, 2.05) is 6.92 Å². The van der Waals surface area contributed by atoms with Crippen molar-refractivity contribution >= 4 is 11.8 Å². The van der Waals surface area contributed by atoms with Gasteiger partial charge in [-0.15, -0.1) is 0 Å². The van der Waals surface area contributed by atoms with Gasteiger partial charge in [0.15, 0.2) is 0 Å². The van der Waals surface area contributed by atoms with E-state index in [0.717, 1.165) is 12.8 Å². The zero-order chi connectivity index (χ0) is 18.0. The van der Waals surface area contributed by atoms with Gasteiger partial charge < -0.3 is 10.5 Å². The monoisotopic (exact) mass is 352 g/mol. The zero-order valence-corrected chi connectivity index (χ0v) is 13.8. The molecular formula is C18H19F3N2O2. The van der Waals surface area contributed by atoms with Crippen LogP contribution >= 0.6 is 0 Å². The third kappa shape index (κ3) is 2.51. The normalized spacial score (nSPS) is 31.2. The minimum Gasteiger partial charge on any atom is -0.465 e. The van der Waals surface area contributed by atoms with Gasteiger partial charge in [-0.05, 0) is 37.5 Å². The number of carbonyl (C=O) groups is 1. The van der Waals surface area contributed by atoms with Crippen molar-refractivity contribution in [1.82, 2.24) is 0 Å². The number of halogens is 3. The summed E-state index contributed by atoms with van der Waals surface area (Å²) in [5, 5.41) is 0. The van der Waals surface area contributed by atoms with E-state index in [4.69, 9.17) is 10.5 Å². The molecule has 2 fully saturated rings. The average Bonchev–Trinajstić information content (AvgIpc) is 3.43. The van der Waals surface area contributed by atoms with Crippen molar-refractivity contribution in [3.05, 3.63) is 35.1 Å². The maximum Gasteiger partial charge on any atom is 0.282 e. The van der Waals surface area contributed by atoms with Gasteiger partial charge >= 0.3 is 0 Å². The Balaban J connectivity index is 1.66. The predicted molar refractivity (Wildman–Crippen MR) is 84.8 cm³/mol. The third-order valence-corrected chi connectivity index (χ3v) is 5.86. The molecule has 3 aliphatic rings. The second kappa shape index (κ2) is 4.99. The van der Waals surface area contributed by atoms with E-state index in [2.05, 4.69) is 4.99 Å². The average molecular weight is 352 g/mol.